The number of nitrogens with zero attached hydrogens (tertiary/aromatic N) is 2. The van der Waals surface area contributed by atoms with Crippen LogP contribution in [0.1, 0.15) is 34.3 Å². The average Bonchev–Trinajstić information content (AvgIpc) is 3.26. The molecule has 0 spiro atoms. The predicted molar refractivity (Wildman–Crippen MR) is 110 cm³/mol. The summed E-state index contributed by atoms with van der Waals surface area (Å²) in [5.41, 5.74) is 2.96. The Hall–Kier alpha value is -2.22. The molecule has 6 nitrogen and oxygen atoms in total. The maximum Gasteiger partial charge on any atom is 0.254 e. The summed E-state index contributed by atoms with van der Waals surface area (Å²) < 4.78 is 32.5. The van der Waals surface area contributed by atoms with Gasteiger partial charge in [-0.05, 0) is 54.7 Å². The molecule has 0 bridgehead atoms. The van der Waals surface area contributed by atoms with Crippen molar-refractivity contribution in [1.82, 2.24) is 9.21 Å². The lowest BCUT2D eigenvalue weighted by Crippen LogP contribution is -2.36. The van der Waals surface area contributed by atoms with Crippen LogP contribution in [0.2, 0.25) is 0 Å². The maximum absolute atomic E-state index is 12.9. The normalized spacial score (nSPS) is 19.4. The molecule has 154 valence electrons. The monoisotopic (exact) mass is 414 g/mol. The molecule has 0 aliphatic carbocycles. The number of sulfonamides is 1. The first kappa shape index (κ1) is 20.1. The molecular formula is C22H26N2O4S. The molecule has 2 aliphatic rings. The predicted octanol–water partition coefficient (Wildman–Crippen LogP) is 2.68. The molecule has 2 heterocycles. The van der Waals surface area contributed by atoms with Gasteiger partial charge in [0.25, 0.3) is 5.91 Å². The molecule has 1 saturated heterocycles. The Bertz CT molecular complexity index is 982. The fourth-order valence-corrected chi connectivity index (χ4v) is 5.18. The molecule has 29 heavy (non-hydrogen) atoms. The summed E-state index contributed by atoms with van der Waals surface area (Å²) in [6.07, 6.45) is 2.64. The highest BCUT2D eigenvalue weighted by Crippen LogP contribution is 2.22. The number of hydrogen-bond acceptors (Lipinski definition) is 4. The molecule has 7 heteroatoms. The first-order chi connectivity index (χ1) is 13.9. The molecule has 0 N–H and O–H groups in total. The van der Waals surface area contributed by atoms with Gasteiger partial charge in [-0.1, -0.05) is 24.3 Å². The van der Waals surface area contributed by atoms with Gasteiger partial charge >= 0.3 is 0 Å². The minimum absolute atomic E-state index is 0.0439. The molecule has 0 radical (unpaired) electrons. The lowest BCUT2D eigenvalue weighted by atomic mass is 9.99. The van der Waals surface area contributed by atoms with Crippen LogP contribution < -0.4 is 0 Å². The van der Waals surface area contributed by atoms with E-state index in [2.05, 4.69) is 6.07 Å². The number of amides is 1. The standard InChI is InChI=1S/C22H26N2O4S/c1-23(16-20-7-4-14-28-20)29(26,27)21-10-8-18(9-11-21)22(25)24-13-12-17-5-2-3-6-19(17)15-24/h2-3,5-6,8-11,20H,4,7,12-16H2,1H3. The Morgan fingerprint density at radius 1 is 1.14 bits per heavy atom. The molecule has 1 unspecified atom stereocenters. The Morgan fingerprint density at radius 2 is 1.86 bits per heavy atom. The Morgan fingerprint density at radius 3 is 2.55 bits per heavy atom. The van der Waals surface area contributed by atoms with Crippen LogP contribution in [-0.2, 0) is 27.7 Å². The minimum Gasteiger partial charge on any atom is -0.377 e. The quantitative estimate of drug-likeness (QED) is 0.755. The number of likely N-dealkylation sites (N-methyl/N-ethyl adjacent to an activating group) is 1. The summed E-state index contributed by atoms with van der Waals surface area (Å²) in [7, 11) is -2.03. The summed E-state index contributed by atoms with van der Waals surface area (Å²) in [5, 5.41) is 0. The van der Waals surface area contributed by atoms with E-state index >= 15 is 0 Å². The molecule has 1 atom stereocenters. The van der Waals surface area contributed by atoms with E-state index in [-0.39, 0.29) is 16.9 Å². The number of fused-ring (bicyclic) bond motifs is 1. The van der Waals surface area contributed by atoms with E-state index in [4.69, 9.17) is 4.74 Å². The average molecular weight is 415 g/mol. The van der Waals surface area contributed by atoms with E-state index in [0.717, 1.165) is 19.3 Å². The topological polar surface area (TPSA) is 66.9 Å². The molecule has 0 aromatic heterocycles. The van der Waals surface area contributed by atoms with Crippen LogP contribution in [-0.4, -0.2) is 56.4 Å². The van der Waals surface area contributed by atoms with Gasteiger partial charge in [0, 0.05) is 38.9 Å². The fraction of sp³-hybridized carbons (Fsp3) is 0.409. The number of rotatable bonds is 5. The van der Waals surface area contributed by atoms with E-state index in [1.807, 2.05) is 23.1 Å². The second kappa shape index (κ2) is 8.26. The van der Waals surface area contributed by atoms with Gasteiger partial charge in [-0.3, -0.25) is 4.79 Å². The van der Waals surface area contributed by atoms with E-state index < -0.39 is 10.0 Å². The Kier molecular flexibility index (Phi) is 5.72. The summed E-state index contributed by atoms with van der Waals surface area (Å²) in [4.78, 5) is 14.9. The van der Waals surface area contributed by atoms with Crippen molar-refractivity contribution in [2.24, 2.45) is 0 Å². The van der Waals surface area contributed by atoms with E-state index in [0.29, 0.717) is 31.8 Å². The van der Waals surface area contributed by atoms with Crippen LogP contribution in [0.4, 0.5) is 0 Å². The maximum atomic E-state index is 12.9. The summed E-state index contributed by atoms with van der Waals surface area (Å²) >= 11 is 0. The molecule has 0 saturated carbocycles. The van der Waals surface area contributed by atoms with Gasteiger partial charge < -0.3 is 9.64 Å². The number of ether oxygens (including phenoxy) is 1. The van der Waals surface area contributed by atoms with Crippen molar-refractivity contribution in [3.63, 3.8) is 0 Å². The Labute approximate surface area is 172 Å². The summed E-state index contributed by atoms with van der Waals surface area (Å²) in [6, 6.07) is 14.4. The van der Waals surface area contributed by atoms with Crippen molar-refractivity contribution in [2.45, 2.75) is 36.8 Å². The van der Waals surface area contributed by atoms with Crippen LogP contribution in [0, 0.1) is 0 Å². The summed E-state index contributed by atoms with van der Waals surface area (Å²) in [6.45, 7) is 2.28. The smallest absolute Gasteiger partial charge is 0.254 e. The SMILES string of the molecule is CN(CC1CCCO1)S(=O)(=O)c1ccc(C(=O)N2CCc3ccccc3C2)cc1. The lowest BCUT2D eigenvalue weighted by molar-refractivity contribution is 0.0734. The number of hydrogen-bond donors (Lipinski definition) is 0. The van der Waals surface area contributed by atoms with Gasteiger partial charge in [-0.2, -0.15) is 4.31 Å². The number of benzene rings is 2. The second-order valence-corrected chi connectivity index (χ2v) is 9.74. The van der Waals surface area contributed by atoms with E-state index in [1.54, 1.807) is 19.2 Å². The zero-order chi connectivity index (χ0) is 20.4. The minimum atomic E-state index is -3.61. The van der Waals surface area contributed by atoms with Crippen LogP contribution in [0.25, 0.3) is 0 Å². The fourth-order valence-electron chi connectivity index (χ4n) is 3.97. The first-order valence-electron chi connectivity index (χ1n) is 9.99. The molecule has 4 rings (SSSR count). The zero-order valence-corrected chi connectivity index (χ0v) is 17.4. The molecule has 2 aliphatic heterocycles. The zero-order valence-electron chi connectivity index (χ0n) is 16.6. The van der Waals surface area contributed by atoms with Gasteiger partial charge in [0.15, 0.2) is 0 Å². The van der Waals surface area contributed by atoms with Gasteiger partial charge in [0.05, 0.1) is 11.0 Å². The third kappa shape index (κ3) is 4.22. The van der Waals surface area contributed by atoms with E-state index in [1.165, 1.54) is 27.6 Å². The highest BCUT2D eigenvalue weighted by atomic mass is 32.2. The third-order valence-corrected chi connectivity index (χ3v) is 7.55. The highest BCUT2D eigenvalue weighted by Gasteiger charge is 2.27. The second-order valence-electron chi connectivity index (χ2n) is 7.69. The van der Waals surface area contributed by atoms with Crippen molar-refractivity contribution in [3.05, 3.63) is 65.2 Å². The Balaban J connectivity index is 1.45. The van der Waals surface area contributed by atoms with Gasteiger partial charge in [0.2, 0.25) is 10.0 Å². The third-order valence-electron chi connectivity index (χ3n) is 5.71. The molecule has 2 aromatic carbocycles. The van der Waals surface area contributed by atoms with Gasteiger partial charge in [-0.15, -0.1) is 0 Å². The van der Waals surface area contributed by atoms with E-state index in [9.17, 15) is 13.2 Å². The lowest BCUT2D eigenvalue weighted by Gasteiger charge is -2.29. The van der Waals surface area contributed by atoms with Crippen LogP contribution in [0.15, 0.2) is 53.4 Å². The molecule has 2 aromatic rings. The van der Waals surface area contributed by atoms with Crippen molar-refractivity contribution in [3.8, 4) is 0 Å². The number of carbonyl (C=O) groups excluding carboxylic acids is 1. The molecule has 1 amide bonds. The molecular weight excluding hydrogens is 388 g/mol. The van der Waals surface area contributed by atoms with Crippen LogP contribution >= 0.6 is 0 Å². The summed E-state index contributed by atoms with van der Waals surface area (Å²) in [5.74, 6) is -0.0730. The van der Waals surface area contributed by atoms with Crippen molar-refractivity contribution >= 4 is 15.9 Å². The van der Waals surface area contributed by atoms with Crippen molar-refractivity contribution in [1.29, 1.82) is 0 Å². The van der Waals surface area contributed by atoms with Crippen molar-refractivity contribution in [2.75, 3.05) is 26.7 Å². The van der Waals surface area contributed by atoms with Crippen molar-refractivity contribution < 1.29 is 17.9 Å². The largest absolute Gasteiger partial charge is 0.377 e. The van der Waals surface area contributed by atoms with Gasteiger partial charge in [0.1, 0.15) is 0 Å². The van der Waals surface area contributed by atoms with Gasteiger partial charge in [-0.25, -0.2) is 8.42 Å². The van der Waals surface area contributed by atoms with Crippen LogP contribution in [0.3, 0.4) is 0 Å². The van der Waals surface area contributed by atoms with Crippen LogP contribution in [0.5, 0.6) is 0 Å². The molecule has 1 fully saturated rings. The highest BCUT2D eigenvalue weighted by molar-refractivity contribution is 7.89. The first-order valence-corrected chi connectivity index (χ1v) is 11.4. The number of carbonyl (C=O) groups is 1.